The van der Waals surface area contributed by atoms with E-state index in [4.69, 9.17) is 16.3 Å². The normalized spacial score (nSPS) is 15.7. The quantitative estimate of drug-likeness (QED) is 0.785. The van der Waals surface area contributed by atoms with E-state index in [0.29, 0.717) is 35.3 Å². The van der Waals surface area contributed by atoms with Crippen LogP contribution in [0.3, 0.4) is 0 Å². The van der Waals surface area contributed by atoms with Gasteiger partial charge in [0, 0.05) is 30.2 Å². The van der Waals surface area contributed by atoms with Crippen molar-refractivity contribution in [1.29, 1.82) is 0 Å². The molecule has 6 heteroatoms. The Balaban J connectivity index is 2.05. The summed E-state index contributed by atoms with van der Waals surface area (Å²) in [5.74, 6) is 0.650. The van der Waals surface area contributed by atoms with E-state index in [-0.39, 0.29) is 0 Å². The van der Waals surface area contributed by atoms with E-state index < -0.39 is 0 Å². The summed E-state index contributed by atoms with van der Waals surface area (Å²) in [5.41, 5.74) is 1.20. The van der Waals surface area contributed by atoms with E-state index in [9.17, 15) is 4.79 Å². The number of halogens is 1. The highest BCUT2D eigenvalue weighted by Gasteiger charge is 2.15. The fourth-order valence-corrected chi connectivity index (χ4v) is 2.38. The van der Waals surface area contributed by atoms with Gasteiger partial charge in [-0.1, -0.05) is 11.6 Å². The van der Waals surface area contributed by atoms with Gasteiger partial charge in [0.1, 0.15) is 6.29 Å². The van der Waals surface area contributed by atoms with Gasteiger partial charge in [-0.3, -0.25) is 4.79 Å². The highest BCUT2D eigenvalue weighted by Crippen LogP contribution is 2.24. The van der Waals surface area contributed by atoms with Crippen molar-refractivity contribution in [2.24, 2.45) is 0 Å². The number of hydrogen-bond donors (Lipinski definition) is 0. The Labute approximate surface area is 115 Å². The average Bonchev–Trinajstić information content (AvgIpc) is 2.47. The van der Waals surface area contributed by atoms with Crippen LogP contribution in [0.1, 0.15) is 10.4 Å². The molecule has 1 aromatic heterocycles. The molecule has 0 saturated carbocycles. The van der Waals surface area contributed by atoms with Crippen LogP contribution in [0, 0.1) is 0 Å². The molecule has 19 heavy (non-hydrogen) atoms. The lowest BCUT2D eigenvalue weighted by Gasteiger charge is -2.26. The molecule has 0 radical (unpaired) electrons. The number of nitrogens with zero attached hydrogens (tertiary/aromatic N) is 3. The number of rotatable bonds is 2. The summed E-state index contributed by atoms with van der Waals surface area (Å²) in [7, 11) is 0. The molecule has 1 saturated heterocycles. The Kier molecular flexibility index (Phi) is 3.31. The van der Waals surface area contributed by atoms with Crippen molar-refractivity contribution in [1.82, 2.24) is 9.97 Å². The molecule has 0 aliphatic carbocycles. The van der Waals surface area contributed by atoms with Crippen molar-refractivity contribution >= 4 is 34.7 Å². The topological polar surface area (TPSA) is 55.3 Å². The molecule has 0 amide bonds. The third-order valence-corrected chi connectivity index (χ3v) is 3.36. The van der Waals surface area contributed by atoms with Crippen molar-refractivity contribution in [2.75, 3.05) is 31.2 Å². The van der Waals surface area contributed by atoms with E-state index in [1.165, 1.54) is 0 Å². The Morgan fingerprint density at radius 3 is 2.84 bits per heavy atom. The summed E-state index contributed by atoms with van der Waals surface area (Å²) in [5, 5.41) is 1.24. The van der Waals surface area contributed by atoms with Gasteiger partial charge >= 0.3 is 0 Å². The Morgan fingerprint density at radius 1 is 1.32 bits per heavy atom. The molecule has 1 aliphatic heterocycles. The third-order valence-electron chi connectivity index (χ3n) is 3.08. The van der Waals surface area contributed by atoms with E-state index in [2.05, 4.69) is 14.9 Å². The first-order valence-corrected chi connectivity index (χ1v) is 6.40. The van der Waals surface area contributed by atoms with Gasteiger partial charge in [-0.15, -0.1) is 0 Å². The van der Waals surface area contributed by atoms with Gasteiger partial charge in [-0.05, 0) is 12.1 Å². The SMILES string of the molecule is O=Cc1cc(Cl)c2nc(N3CCOCC3)ncc2c1. The molecule has 0 unspecified atom stereocenters. The molecule has 98 valence electrons. The summed E-state index contributed by atoms with van der Waals surface area (Å²) < 4.78 is 5.30. The van der Waals surface area contributed by atoms with Crippen LogP contribution in [0.15, 0.2) is 18.3 Å². The van der Waals surface area contributed by atoms with Gasteiger partial charge in [0.2, 0.25) is 5.95 Å². The lowest BCUT2D eigenvalue weighted by atomic mass is 10.2. The highest BCUT2D eigenvalue weighted by molar-refractivity contribution is 6.35. The molecule has 5 nitrogen and oxygen atoms in total. The minimum atomic E-state index is 0.469. The summed E-state index contributed by atoms with van der Waals surface area (Å²) in [6.07, 6.45) is 2.47. The summed E-state index contributed by atoms with van der Waals surface area (Å²) >= 11 is 6.16. The molecule has 0 bridgehead atoms. The number of benzene rings is 1. The largest absolute Gasteiger partial charge is 0.378 e. The number of anilines is 1. The predicted octanol–water partition coefficient (Wildman–Crippen LogP) is 1.93. The number of aldehydes is 1. The standard InChI is InChI=1S/C13H12ClN3O2/c14-11-6-9(8-18)5-10-7-15-13(16-12(10)11)17-1-3-19-4-2-17/h5-8H,1-4H2. The first-order chi connectivity index (χ1) is 9.28. The number of fused-ring (bicyclic) bond motifs is 1. The van der Waals surface area contributed by atoms with Crippen LogP contribution in [0.25, 0.3) is 10.9 Å². The van der Waals surface area contributed by atoms with Crippen molar-refractivity contribution in [3.63, 3.8) is 0 Å². The van der Waals surface area contributed by atoms with Crippen LogP contribution in [-0.4, -0.2) is 42.6 Å². The number of morpholine rings is 1. The minimum absolute atomic E-state index is 0.469. The zero-order valence-corrected chi connectivity index (χ0v) is 10.9. The van der Waals surface area contributed by atoms with E-state index in [1.54, 1.807) is 18.3 Å². The lowest BCUT2D eigenvalue weighted by molar-refractivity contribution is 0.112. The Hall–Kier alpha value is -1.72. The van der Waals surface area contributed by atoms with Crippen LogP contribution in [0.2, 0.25) is 5.02 Å². The fourth-order valence-electron chi connectivity index (χ4n) is 2.10. The molecule has 1 fully saturated rings. The molecule has 0 N–H and O–H groups in total. The molecule has 0 atom stereocenters. The van der Waals surface area contributed by atoms with E-state index >= 15 is 0 Å². The summed E-state index contributed by atoms with van der Waals surface area (Å²) in [4.78, 5) is 21.7. The molecule has 1 aliphatic rings. The maximum Gasteiger partial charge on any atom is 0.226 e. The zero-order chi connectivity index (χ0) is 13.2. The molecule has 1 aromatic carbocycles. The first-order valence-electron chi connectivity index (χ1n) is 6.02. The fraction of sp³-hybridized carbons (Fsp3) is 0.308. The van der Waals surface area contributed by atoms with E-state index in [0.717, 1.165) is 24.8 Å². The number of carbonyl (C=O) groups excluding carboxylic acids is 1. The van der Waals surface area contributed by atoms with Crippen LogP contribution in [0.4, 0.5) is 5.95 Å². The maximum absolute atomic E-state index is 10.8. The number of carbonyl (C=O) groups is 1. The van der Waals surface area contributed by atoms with Crippen molar-refractivity contribution < 1.29 is 9.53 Å². The van der Waals surface area contributed by atoms with Crippen molar-refractivity contribution in [3.8, 4) is 0 Å². The lowest BCUT2D eigenvalue weighted by Crippen LogP contribution is -2.37. The van der Waals surface area contributed by atoms with Crippen LogP contribution in [-0.2, 0) is 4.74 Å². The molecule has 2 aromatic rings. The van der Waals surface area contributed by atoms with E-state index in [1.807, 2.05) is 0 Å². The second-order valence-electron chi connectivity index (χ2n) is 4.33. The molecule has 2 heterocycles. The van der Waals surface area contributed by atoms with Crippen LogP contribution >= 0.6 is 11.6 Å². The maximum atomic E-state index is 10.8. The van der Waals surface area contributed by atoms with Gasteiger partial charge in [-0.25, -0.2) is 9.97 Å². The third kappa shape index (κ3) is 2.39. The first kappa shape index (κ1) is 12.3. The minimum Gasteiger partial charge on any atom is -0.378 e. The second kappa shape index (κ2) is 5.11. The number of aromatic nitrogens is 2. The van der Waals surface area contributed by atoms with Gasteiger partial charge in [0.05, 0.1) is 23.8 Å². The van der Waals surface area contributed by atoms with Gasteiger partial charge in [0.15, 0.2) is 0 Å². The molecular weight excluding hydrogens is 266 g/mol. The summed E-state index contributed by atoms with van der Waals surface area (Å²) in [6, 6.07) is 3.35. The zero-order valence-electron chi connectivity index (χ0n) is 10.2. The Morgan fingerprint density at radius 2 is 2.11 bits per heavy atom. The van der Waals surface area contributed by atoms with Crippen molar-refractivity contribution in [2.45, 2.75) is 0 Å². The van der Waals surface area contributed by atoms with Crippen LogP contribution in [0.5, 0.6) is 0 Å². The summed E-state index contributed by atoms with van der Waals surface area (Å²) in [6.45, 7) is 2.91. The van der Waals surface area contributed by atoms with Gasteiger partial charge in [-0.2, -0.15) is 0 Å². The van der Waals surface area contributed by atoms with Crippen LogP contribution < -0.4 is 4.90 Å². The molecule has 3 rings (SSSR count). The highest BCUT2D eigenvalue weighted by atomic mass is 35.5. The Bertz CT molecular complexity index is 627. The predicted molar refractivity (Wildman–Crippen MR) is 73.0 cm³/mol. The van der Waals surface area contributed by atoms with Gasteiger partial charge < -0.3 is 9.64 Å². The van der Waals surface area contributed by atoms with Crippen molar-refractivity contribution in [3.05, 3.63) is 28.9 Å². The van der Waals surface area contributed by atoms with Gasteiger partial charge in [0.25, 0.3) is 0 Å². The average molecular weight is 278 g/mol. The monoisotopic (exact) mass is 277 g/mol. The smallest absolute Gasteiger partial charge is 0.226 e. The number of hydrogen-bond acceptors (Lipinski definition) is 5. The molecule has 0 spiro atoms. The number of ether oxygens (including phenoxy) is 1. The molecular formula is C13H12ClN3O2. The second-order valence-corrected chi connectivity index (χ2v) is 4.74.